The molecule has 0 atom stereocenters. The average molecular weight is 505 g/mol. The van der Waals surface area contributed by atoms with Crippen molar-refractivity contribution in [1.82, 2.24) is 25.1 Å². The number of anilines is 1. The maximum atomic E-state index is 14.9. The fourth-order valence-electron chi connectivity index (χ4n) is 3.72. The Morgan fingerprint density at radius 1 is 1.00 bits per heavy atom. The van der Waals surface area contributed by atoms with Crippen LogP contribution in [-0.2, 0) is 11.2 Å². The van der Waals surface area contributed by atoms with Gasteiger partial charge < -0.3 is 5.32 Å². The SMILES string of the molecule is CCN(C(=O)n1nnn(-c2c(F)cccc2F)c1=O)c1ccc(CC(=O)CCCCCNC)cc1F. The largest absolute Gasteiger partial charge is 0.377 e. The lowest BCUT2D eigenvalue weighted by Crippen LogP contribution is -2.41. The van der Waals surface area contributed by atoms with Gasteiger partial charge in [-0.1, -0.05) is 18.6 Å². The van der Waals surface area contributed by atoms with Crippen molar-refractivity contribution in [2.45, 2.75) is 39.0 Å². The lowest BCUT2D eigenvalue weighted by Gasteiger charge is -2.20. The topological polar surface area (TPSA) is 102 Å². The Hall–Kier alpha value is -3.80. The summed E-state index contributed by atoms with van der Waals surface area (Å²) in [6.07, 6.45) is 3.10. The Bertz CT molecular complexity index is 1270. The number of hydrogen-bond donors (Lipinski definition) is 1. The van der Waals surface area contributed by atoms with E-state index in [-0.39, 0.29) is 24.4 Å². The van der Waals surface area contributed by atoms with E-state index in [0.29, 0.717) is 21.3 Å². The number of aromatic nitrogens is 4. The Morgan fingerprint density at radius 3 is 2.36 bits per heavy atom. The molecule has 0 aliphatic heterocycles. The van der Waals surface area contributed by atoms with E-state index in [2.05, 4.69) is 15.7 Å². The molecule has 0 fully saturated rings. The molecule has 1 N–H and O–H groups in total. The molecule has 1 heterocycles. The fraction of sp³-hybridized carbons (Fsp3) is 0.375. The summed E-state index contributed by atoms with van der Waals surface area (Å²) < 4.78 is 43.7. The average Bonchev–Trinajstić information content (AvgIpc) is 3.21. The summed E-state index contributed by atoms with van der Waals surface area (Å²) in [6.45, 7) is 2.39. The molecule has 36 heavy (non-hydrogen) atoms. The highest BCUT2D eigenvalue weighted by atomic mass is 19.1. The van der Waals surface area contributed by atoms with Crippen molar-refractivity contribution >= 4 is 17.5 Å². The molecule has 3 aromatic rings. The van der Waals surface area contributed by atoms with Gasteiger partial charge in [-0.2, -0.15) is 4.68 Å². The number of ketones is 1. The number of rotatable bonds is 11. The van der Waals surface area contributed by atoms with Crippen molar-refractivity contribution in [2.24, 2.45) is 0 Å². The van der Waals surface area contributed by atoms with Gasteiger partial charge in [0.2, 0.25) is 0 Å². The third-order valence-corrected chi connectivity index (χ3v) is 5.55. The molecule has 0 saturated heterocycles. The van der Waals surface area contributed by atoms with Gasteiger partial charge in [-0.25, -0.2) is 22.8 Å². The van der Waals surface area contributed by atoms with Crippen LogP contribution in [0.1, 0.15) is 38.2 Å². The summed E-state index contributed by atoms with van der Waals surface area (Å²) in [5, 5.41) is 9.87. The maximum absolute atomic E-state index is 14.9. The van der Waals surface area contributed by atoms with Crippen LogP contribution in [0.3, 0.4) is 0 Å². The fourth-order valence-corrected chi connectivity index (χ4v) is 3.72. The monoisotopic (exact) mass is 504 g/mol. The van der Waals surface area contributed by atoms with Crippen LogP contribution in [0.15, 0.2) is 41.2 Å². The zero-order valence-electron chi connectivity index (χ0n) is 20.0. The van der Waals surface area contributed by atoms with E-state index >= 15 is 0 Å². The van der Waals surface area contributed by atoms with E-state index in [1.807, 2.05) is 7.05 Å². The van der Waals surface area contributed by atoms with E-state index in [0.717, 1.165) is 48.9 Å². The zero-order chi connectivity index (χ0) is 26.2. The first kappa shape index (κ1) is 26.8. The van der Waals surface area contributed by atoms with Crippen molar-refractivity contribution in [3.05, 3.63) is 69.9 Å². The Labute approximate surface area is 205 Å². The van der Waals surface area contributed by atoms with Crippen LogP contribution >= 0.6 is 0 Å². The number of carbonyl (C=O) groups excluding carboxylic acids is 2. The maximum Gasteiger partial charge on any atom is 0.377 e. The summed E-state index contributed by atoms with van der Waals surface area (Å²) in [4.78, 5) is 38.8. The lowest BCUT2D eigenvalue weighted by atomic mass is 10.0. The van der Waals surface area contributed by atoms with Gasteiger partial charge in [0.1, 0.15) is 17.3 Å². The number of hydrogen-bond acceptors (Lipinski definition) is 6. The molecule has 0 unspecified atom stereocenters. The Morgan fingerprint density at radius 2 is 1.72 bits per heavy atom. The molecule has 0 spiro atoms. The Balaban J connectivity index is 1.76. The Kier molecular flexibility index (Phi) is 9.12. The molecule has 3 rings (SSSR count). The zero-order valence-corrected chi connectivity index (χ0v) is 20.0. The summed E-state index contributed by atoms with van der Waals surface area (Å²) in [6, 6.07) is 5.93. The molecule has 9 nitrogen and oxygen atoms in total. The van der Waals surface area contributed by atoms with Crippen LogP contribution in [0.2, 0.25) is 0 Å². The van der Waals surface area contributed by atoms with E-state index in [1.165, 1.54) is 18.2 Å². The molecule has 12 heteroatoms. The van der Waals surface area contributed by atoms with Crippen LogP contribution in [0.5, 0.6) is 0 Å². The normalized spacial score (nSPS) is 11.0. The first-order valence-electron chi connectivity index (χ1n) is 11.5. The third-order valence-electron chi connectivity index (χ3n) is 5.55. The van der Waals surface area contributed by atoms with Gasteiger partial charge >= 0.3 is 11.7 Å². The first-order valence-corrected chi connectivity index (χ1v) is 11.5. The van der Waals surface area contributed by atoms with Gasteiger partial charge in [0.05, 0.1) is 5.69 Å². The molecule has 1 aromatic heterocycles. The van der Waals surface area contributed by atoms with Crippen molar-refractivity contribution in [2.75, 3.05) is 25.0 Å². The second-order valence-corrected chi connectivity index (χ2v) is 8.10. The number of tetrazole rings is 1. The summed E-state index contributed by atoms with van der Waals surface area (Å²) in [5.74, 6) is -2.93. The molecular weight excluding hydrogens is 477 g/mol. The minimum atomic E-state index is -1.22. The highest BCUT2D eigenvalue weighted by Crippen LogP contribution is 2.22. The van der Waals surface area contributed by atoms with Gasteiger partial charge in [0.15, 0.2) is 11.6 Å². The molecule has 192 valence electrons. The van der Waals surface area contributed by atoms with E-state index in [1.54, 1.807) is 6.92 Å². The van der Waals surface area contributed by atoms with Crippen molar-refractivity contribution < 1.29 is 22.8 Å². The minimum absolute atomic E-state index is 0.0152. The number of Topliss-reactive ketones (excluding diaryl/α,β-unsaturated/α-hetero) is 1. The molecular formula is C24H27F3N6O3. The number of benzene rings is 2. The van der Waals surface area contributed by atoms with Crippen LogP contribution in [0.4, 0.5) is 23.7 Å². The predicted molar refractivity (Wildman–Crippen MR) is 127 cm³/mol. The number of nitrogens with zero attached hydrogens (tertiary/aromatic N) is 5. The number of para-hydroxylation sites is 1. The quantitative estimate of drug-likeness (QED) is 0.318. The minimum Gasteiger partial charge on any atom is -0.320 e. The number of nitrogens with one attached hydrogen (secondary N) is 1. The molecule has 1 amide bonds. The van der Waals surface area contributed by atoms with E-state index in [9.17, 15) is 27.6 Å². The van der Waals surface area contributed by atoms with Crippen molar-refractivity contribution in [3.63, 3.8) is 0 Å². The first-order chi connectivity index (χ1) is 17.3. The van der Waals surface area contributed by atoms with Gasteiger partial charge in [-0.15, -0.1) is 4.68 Å². The third kappa shape index (κ3) is 6.06. The number of unbranched alkanes of at least 4 members (excludes halogenated alkanes) is 2. The van der Waals surface area contributed by atoms with Gasteiger partial charge in [0, 0.05) is 19.4 Å². The van der Waals surface area contributed by atoms with Gasteiger partial charge in [-0.3, -0.25) is 9.69 Å². The highest BCUT2D eigenvalue weighted by molar-refractivity contribution is 5.93. The van der Waals surface area contributed by atoms with Crippen LogP contribution < -0.4 is 15.9 Å². The second-order valence-electron chi connectivity index (χ2n) is 8.10. The highest BCUT2D eigenvalue weighted by Gasteiger charge is 2.26. The van der Waals surface area contributed by atoms with Gasteiger partial charge in [0.25, 0.3) is 0 Å². The predicted octanol–water partition coefficient (Wildman–Crippen LogP) is 3.23. The molecule has 0 aliphatic carbocycles. The lowest BCUT2D eigenvalue weighted by molar-refractivity contribution is -0.118. The molecule has 0 aliphatic rings. The molecule has 0 saturated carbocycles. The second kappa shape index (κ2) is 12.2. The summed E-state index contributed by atoms with van der Waals surface area (Å²) >= 11 is 0. The number of halogens is 3. The van der Waals surface area contributed by atoms with Crippen LogP contribution in [-0.4, -0.2) is 51.7 Å². The standard InChI is InChI=1S/C24H27F3N6O3/c1-3-31(21-12-11-16(15-20(21)27)14-17(34)8-5-4-6-13-28-2)23(35)33-24(36)32(29-30-33)22-18(25)9-7-10-19(22)26/h7,9-12,15,28H,3-6,8,13-14H2,1-2H3. The van der Waals surface area contributed by atoms with Crippen LogP contribution in [0.25, 0.3) is 5.69 Å². The smallest absolute Gasteiger partial charge is 0.320 e. The summed E-state index contributed by atoms with van der Waals surface area (Å²) in [5.41, 5.74) is -1.70. The summed E-state index contributed by atoms with van der Waals surface area (Å²) in [7, 11) is 1.87. The molecule has 0 bridgehead atoms. The van der Waals surface area contributed by atoms with Gasteiger partial charge in [-0.05, 0) is 73.6 Å². The van der Waals surface area contributed by atoms with Crippen LogP contribution in [0, 0.1) is 17.5 Å². The molecule has 0 radical (unpaired) electrons. The number of amides is 1. The van der Waals surface area contributed by atoms with Crippen molar-refractivity contribution in [1.29, 1.82) is 0 Å². The van der Waals surface area contributed by atoms with E-state index < -0.39 is 34.9 Å². The van der Waals surface area contributed by atoms with E-state index in [4.69, 9.17) is 0 Å². The number of carbonyl (C=O) groups is 2. The van der Waals surface area contributed by atoms with Crippen molar-refractivity contribution in [3.8, 4) is 5.69 Å². The molecule has 2 aromatic carbocycles.